The van der Waals surface area contributed by atoms with Crippen LogP contribution in [0.4, 0.5) is 0 Å². The van der Waals surface area contributed by atoms with Crippen LogP contribution in [0, 0.1) is 0 Å². The van der Waals surface area contributed by atoms with Crippen molar-refractivity contribution in [2.45, 2.75) is 0 Å². The Hall–Kier alpha value is -1.84. The molecule has 1 aromatic rings. The second kappa shape index (κ2) is 5.14. The van der Waals surface area contributed by atoms with Crippen molar-refractivity contribution >= 4 is 5.78 Å². The Labute approximate surface area is 89.2 Å². The smallest absolute Gasteiger partial charge is 0.188 e. The highest BCUT2D eigenvalue weighted by Crippen LogP contribution is 2.11. The van der Waals surface area contributed by atoms with Crippen LogP contribution in [0.2, 0.25) is 0 Å². The minimum Gasteiger partial charge on any atom is -0.495 e. The van der Waals surface area contributed by atoms with Crippen LogP contribution in [0.25, 0.3) is 0 Å². The van der Waals surface area contributed by atoms with E-state index in [1.807, 2.05) is 14.1 Å². The number of hydrogen-bond acceptors (Lipinski definition) is 4. The van der Waals surface area contributed by atoms with Gasteiger partial charge >= 0.3 is 0 Å². The molecule has 0 radical (unpaired) electrons. The van der Waals surface area contributed by atoms with Crippen LogP contribution in [0.3, 0.4) is 0 Å². The summed E-state index contributed by atoms with van der Waals surface area (Å²) in [6.45, 7) is 0. The second-order valence-corrected chi connectivity index (χ2v) is 3.26. The average Bonchev–Trinajstić information content (AvgIpc) is 2.26. The van der Waals surface area contributed by atoms with Crippen molar-refractivity contribution in [2.75, 3.05) is 21.2 Å². The molecule has 0 spiro atoms. The van der Waals surface area contributed by atoms with Crippen LogP contribution in [0.1, 0.15) is 10.4 Å². The van der Waals surface area contributed by atoms with E-state index in [1.165, 1.54) is 12.3 Å². The third-order valence-corrected chi connectivity index (χ3v) is 1.76. The van der Waals surface area contributed by atoms with Crippen LogP contribution in [-0.2, 0) is 0 Å². The number of hydrogen-bond donors (Lipinski definition) is 0. The number of methoxy groups -OCH3 is 1. The number of carbonyl (C=O) groups excluding carboxylic acids is 1. The van der Waals surface area contributed by atoms with Crippen LogP contribution >= 0.6 is 0 Å². The summed E-state index contributed by atoms with van der Waals surface area (Å²) in [6, 6.07) is 1.66. The van der Waals surface area contributed by atoms with Crippen molar-refractivity contribution < 1.29 is 9.53 Å². The lowest BCUT2D eigenvalue weighted by molar-refractivity contribution is 0.104. The van der Waals surface area contributed by atoms with E-state index in [-0.39, 0.29) is 5.78 Å². The van der Waals surface area contributed by atoms with Crippen LogP contribution in [0.15, 0.2) is 30.7 Å². The number of ketones is 1. The van der Waals surface area contributed by atoms with Gasteiger partial charge in [-0.25, -0.2) is 0 Å². The molecule has 0 aliphatic heterocycles. The van der Waals surface area contributed by atoms with Crippen molar-refractivity contribution in [3.05, 3.63) is 36.3 Å². The molecule has 0 N–H and O–H groups in total. The molecule has 0 fully saturated rings. The lowest BCUT2D eigenvalue weighted by Crippen LogP contribution is -2.03. The van der Waals surface area contributed by atoms with Crippen molar-refractivity contribution in [3.63, 3.8) is 0 Å². The molecule has 1 aromatic heterocycles. The summed E-state index contributed by atoms with van der Waals surface area (Å²) in [5, 5.41) is 0. The molecule has 0 aromatic carbocycles. The third-order valence-electron chi connectivity index (χ3n) is 1.76. The first-order valence-electron chi connectivity index (χ1n) is 4.51. The molecule has 0 atom stereocenters. The molecule has 0 aliphatic carbocycles. The van der Waals surface area contributed by atoms with E-state index in [1.54, 1.807) is 30.5 Å². The SMILES string of the molecule is COc1cncc(C(=O)C=CN(C)C)c1. The zero-order valence-electron chi connectivity index (χ0n) is 9.10. The molecule has 15 heavy (non-hydrogen) atoms. The normalized spacial score (nSPS) is 10.3. The summed E-state index contributed by atoms with van der Waals surface area (Å²) in [6.07, 6.45) is 6.27. The van der Waals surface area contributed by atoms with E-state index in [0.717, 1.165) is 0 Å². The second-order valence-electron chi connectivity index (χ2n) is 3.26. The molecule has 0 aliphatic rings. The fourth-order valence-corrected chi connectivity index (χ4v) is 0.978. The summed E-state index contributed by atoms with van der Waals surface area (Å²) in [7, 11) is 5.25. The van der Waals surface area contributed by atoms with Gasteiger partial charge in [-0.1, -0.05) is 0 Å². The molecule has 4 nitrogen and oxygen atoms in total. The molecule has 0 saturated heterocycles. The zero-order chi connectivity index (χ0) is 11.3. The zero-order valence-corrected chi connectivity index (χ0v) is 9.10. The number of nitrogens with zero attached hydrogens (tertiary/aromatic N) is 2. The first kappa shape index (κ1) is 11.2. The maximum absolute atomic E-state index is 11.6. The Kier molecular flexibility index (Phi) is 3.85. The van der Waals surface area contributed by atoms with Gasteiger partial charge in [0.05, 0.1) is 13.3 Å². The van der Waals surface area contributed by atoms with E-state index < -0.39 is 0 Å². The number of allylic oxidation sites excluding steroid dienone is 1. The van der Waals surface area contributed by atoms with E-state index in [4.69, 9.17) is 4.74 Å². The topological polar surface area (TPSA) is 42.4 Å². The number of carbonyl (C=O) groups is 1. The molecule has 0 unspecified atom stereocenters. The number of rotatable bonds is 4. The first-order valence-corrected chi connectivity index (χ1v) is 4.51. The largest absolute Gasteiger partial charge is 0.495 e. The predicted octanol–water partition coefficient (Wildman–Crippen LogP) is 1.35. The Balaban J connectivity index is 2.82. The Morgan fingerprint density at radius 3 is 2.80 bits per heavy atom. The van der Waals surface area contributed by atoms with Gasteiger partial charge in [-0.2, -0.15) is 0 Å². The van der Waals surface area contributed by atoms with Gasteiger partial charge in [0, 0.05) is 38.1 Å². The fourth-order valence-electron chi connectivity index (χ4n) is 0.978. The molecule has 80 valence electrons. The van der Waals surface area contributed by atoms with Gasteiger partial charge in [-0.15, -0.1) is 0 Å². The van der Waals surface area contributed by atoms with Gasteiger partial charge in [0.25, 0.3) is 0 Å². The quantitative estimate of drug-likeness (QED) is 0.551. The van der Waals surface area contributed by atoms with Gasteiger partial charge in [-0.05, 0) is 6.07 Å². The van der Waals surface area contributed by atoms with Gasteiger partial charge < -0.3 is 9.64 Å². The highest BCUT2D eigenvalue weighted by molar-refractivity contribution is 6.04. The third kappa shape index (κ3) is 3.42. The van der Waals surface area contributed by atoms with E-state index in [0.29, 0.717) is 11.3 Å². The Morgan fingerprint density at radius 1 is 1.47 bits per heavy atom. The summed E-state index contributed by atoms with van der Waals surface area (Å²) >= 11 is 0. The molecule has 0 saturated carbocycles. The Bertz CT molecular complexity index is 373. The van der Waals surface area contributed by atoms with E-state index >= 15 is 0 Å². The van der Waals surface area contributed by atoms with Gasteiger partial charge in [-0.3, -0.25) is 9.78 Å². The summed E-state index contributed by atoms with van der Waals surface area (Å²) in [5.41, 5.74) is 0.521. The fraction of sp³-hybridized carbons (Fsp3) is 0.273. The standard InChI is InChI=1S/C11H14N2O2/c1-13(2)5-4-11(14)9-6-10(15-3)8-12-7-9/h4-8H,1-3H3. The van der Waals surface area contributed by atoms with Gasteiger partial charge in [0.15, 0.2) is 5.78 Å². The molecule has 4 heteroatoms. The molecule has 1 heterocycles. The number of ether oxygens (including phenoxy) is 1. The first-order chi connectivity index (χ1) is 7.13. The lowest BCUT2D eigenvalue weighted by atomic mass is 10.2. The van der Waals surface area contributed by atoms with Crippen molar-refractivity contribution in [1.82, 2.24) is 9.88 Å². The lowest BCUT2D eigenvalue weighted by Gasteiger charge is -2.03. The van der Waals surface area contributed by atoms with E-state index in [2.05, 4.69) is 4.98 Å². The van der Waals surface area contributed by atoms with E-state index in [9.17, 15) is 4.79 Å². The molecule has 1 rings (SSSR count). The highest BCUT2D eigenvalue weighted by atomic mass is 16.5. The maximum atomic E-state index is 11.6. The minimum absolute atomic E-state index is 0.0879. The van der Waals surface area contributed by atoms with Crippen LogP contribution in [0.5, 0.6) is 5.75 Å². The summed E-state index contributed by atoms with van der Waals surface area (Å²) in [5.74, 6) is 0.495. The molecular weight excluding hydrogens is 192 g/mol. The molecule has 0 bridgehead atoms. The minimum atomic E-state index is -0.0879. The monoisotopic (exact) mass is 206 g/mol. The highest BCUT2D eigenvalue weighted by Gasteiger charge is 2.03. The Morgan fingerprint density at radius 2 is 2.20 bits per heavy atom. The van der Waals surface area contributed by atoms with Crippen LogP contribution < -0.4 is 4.74 Å². The number of pyridine rings is 1. The average molecular weight is 206 g/mol. The maximum Gasteiger partial charge on any atom is 0.188 e. The summed E-state index contributed by atoms with van der Waals surface area (Å²) < 4.78 is 4.98. The van der Waals surface area contributed by atoms with Gasteiger partial charge in [0.2, 0.25) is 0 Å². The number of aromatic nitrogens is 1. The van der Waals surface area contributed by atoms with Crippen molar-refractivity contribution in [3.8, 4) is 5.75 Å². The van der Waals surface area contributed by atoms with Gasteiger partial charge in [0.1, 0.15) is 5.75 Å². The summed E-state index contributed by atoms with van der Waals surface area (Å²) in [4.78, 5) is 17.3. The van der Waals surface area contributed by atoms with Crippen molar-refractivity contribution in [1.29, 1.82) is 0 Å². The molecule has 0 amide bonds. The van der Waals surface area contributed by atoms with Crippen molar-refractivity contribution in [2.24, 2.45) is 0 Å². The molecular formula is C11H14N2O2. The predicted molar refractivity (Wildman–Crippen MR) is 57.9 cm³/mol. The van der Waals surface area contributed by atoms with Crippen LogP contribution in [-0.4, -0.2) is 36.9 Å².